The summed E-state index contributed by atoms with van der Waals surface area (Å²) in [6, 6.07) is 0.562. The summed E-state index contributed by atoms with van der Waals surface area (Å²) in [5.74, 6) is -16.4. The van der Waals surface area contributed by atoms with Gasteiger partial charge in [0.25, 0.3) is 0 Å². The van der Waals surface area contributed by atoms with Crippen LogP contribution in [0.4, 0.5) is 30.7 Å². The second-order valence-electron chi connectivity index (χ2n) is 7.53. The van der Waals surface area contributed by atoms with E-state index >= 15 is 0 Å². The number of alkyl halides is 7. The minimum atomic E-state index is -6.59. The Bertz CT molecular complexity index is 528. The Hall–Kier alpha value is -0.582. The molecule has 29 heavy (non-hydrogen) atoms. The van der Waals surface area contributed by atoms with Gasteiger partial charge in [0.1, 0.15) is 5.78 Å². The van der Waals surface area contributed by atoms with Gasteiger partial charge in [-0.3, -0.25) is 9.59 Å². The van der Waals surface area contributed by atoms with Crippen LogP contribution in [-0.4, -0.2) is 47.1 Å². The maximum absolute atomic E-state index is 12.9. The van der Waals surface area contributed by atoms with Gasteiger partial charge in [0.15, 0.2) is 0 Å². The van der Waals surface area contributed by atoms with Gasteiger partial charge >= 0.3 is 18.0 Å². The summed E-state index contributed by atoms with van der Waals surface area (Å²) in [6.45, 7) is 3.63. The third-order valence-electron chi connectivity index (χ3n) is 4.13. The molecule has 0 aliphatic heterocycles. The van der Waals surface area contributed by atoms with E-state index in [9.17, 15) is 40.3 Å². The van der Waals surface area contributed by atoms with Crippen molar-refractivity contribution < 1.29 is 66.9 Å². The molecule has 13 heteroatoms. The van der Waals surface area contributed by atoms with Crippen molar-refractivity contribution in [2.45, 2.75) is 83.0 Å². The zero-order valence-corrected chi connectivity index (χ0v) is 18.4. The van der Waals surface area contributed by atoms with Crippen molar-refractivity contribution in [3.05, 3.63) is 0 Å². The van der Waals surface area contributed by atoms with Crippen molar-refractivity contribution in [1.82, 2.24) is 0 Å². The molecule has 1 rings (SSSR count). The number of hydrogen-bond acceptors (Lipinski definition) is 4. The zero-order valence-electron chi connectivity index (χ0n) is 16.1. The molecule has 0 heterocycles. The first-order valence-electron chi connectivity index (χ1n) is 8.25. The van der Waals surface area contributed by atoms with Gasteiger partial charge in [0.05, 0.1) is 6.42 Å². The fraction of sp³-hybridized carbons (Fsp3) is 0.875. The quantitative estimate of drug-likeness (QED) is 0.370. The molecule has 0 aromatic heterocycles. The predicted octanol–water partition coefficient (Wildman–Crippen LogP) is 2.78. The van der Waals surface area contributed by atoms with E-state index in [2.05, 4.69) is 0 Å². The van der Waals surface area contributed by atoms with E-state index in [1.54, 1.807) is 0 Å². The molecule has 0 amide bonds. The molecule has 0 aromatic carbocycles. The Kier molecular flexibility index (Phi) is 13.4. The molecule has 0 spiro atoms. The van der Waals surface area contributed by atoms with Crippen LogP contribution < -0.4 is 11.5 Å². The van der Waals surface area contributed by atoms with Crippen molar-refractivity contribution in [3.63, 3.8) is 0 Å². The van der Waals surface area contributed by atoms with Crippen LogP contribution >= 0.6 is 0 Å². The molecule has 0 bridgehead atoms. The number of carbonyl (C=O) groups excluding carboxylic acids is 2. The predicted molar refractivity (Wildman–Crippen MR) is 88.1 cm³/mol. The van der Waals surface area contributed by atoms with Gasteiger partial charge in [-0.05, 0) is 12.8 Å². The number of hydrogen-bond donors (Lipinski definition) is 2. The fourth-order valence-electron chi connectivity index (χ4n) is 2.06. The smallest absolute Gasteiger partial charge is 0.412 e. The van der Waals surface area contributed by atoms with Crippen LogP contribution in [-0.2, 0) is 30.7 Å². The van der Waals surface area contributed by atoms with Crippen molar-refractivity contribution >= 4 is 11.6 Å². The first kappa shape index (κ1) is 33.1. The molecule has 2 atom stereocenters. The van der Waals surface area contributed by atoms with E-state index in [1.165, 1.54) is 33.6 Å². The fourth-order valence-corrected chi connectivity index (χ4v) is 2.06. The van der Waals surface area contributed by atoms with Gasteiger partial charge in [-0.2, -0.15) is 30.7 Å². The number of Topliss-reactive ketones (excluding diaryl/α,β-unsaturated/α-hetero) is 2. The molecule has 6 N–H and O–H groups in total. The number of rotatable bonds is 4. The molecule has 1 aliphatic rings. The average Bonchev–Trinajstić information content (AvgIpc) is 2.48. The van der Waals surface area contributed by atoms with Gasteiger partial charge in [-0.25, -0.2) is 0 Å². The van der Waals surface area contributed by atoms with Crippen molar-refractivity contribution in [1.29, 1.82) is 0 Å². The summed E-state index contributed by atoms with van der Waals surface area (Å²) in [5, 5.41) is 0. The maximum atomic E-state index is 12.9. The third kappa shape index (κ3) is 8.98. The normalized spacial score (nSPS) is 20.4. The zero-order chi connectivity index (χ0) is 21.8. The molecule has 0 radical (unpaired) electrons. The van der Waals surface area contributed by atoms with Gasteiger partial charge in [0, 0.05) is 38.6 Å². The van der Waals surface area contributed by atoms with Gasteiger partial charge in [-0.15, -0.1) is 0 Å². The summed E-state index contributed by atoms with van der Waals surface area (Å²) in [7, 11) is 0. The van der Waals surface area contributed by atoms with E-state index in [4.69, 9.17) is 11.5 Å². The Morgan fingerprint density at radius 3 is 1.41 bits per heavy atom. The molecule has 0 aromatic rings. The topological polar surface area (TPSA) is 118 Å². The molecule has 1 aliphatic carbocycles. The van der Waals surface area contributed by atoms with Crippen LogP contribution in [0.2, 0.25) is 0 Å². The number of nitrogens with two attached hydrogens (primary N) is 2. The minimum absolute atomic E-state index is 0. The summed E-state index contributed by atoms with van der Waals surface area (Å²) in [5.41, 5.74) is 10.0. The molecular weight excluding hydrogens is 596 g/mol. The molecule has 178 valence electrons. The van der Waals surface area contributed by atoms with Crippen LogP contribution in [0.3, 0.4) is 0 Å². The van der Waals surface area contributed by atoms with E-state index < -0.39 is 41.4 Å². The average molecular weight is 623 g/mol. The molecular formula is C16H27F7N2O3Pt. The van der Waals surface area contributed by atoms with Crippen LogP contribution in [0.5, 0.6) is 0 Å². The van der Waals surface area contributed by atoms with Crippen molar-refractivity contribution in [2.24, 2.45) is 16.9 Å². The van der Waals surface area contributed by atoms with Crippen molar-refractivity contribution in [3.8, 4) is 0 Å². The maximum Gasteiger partial charge on any atom is 0.460 e. The minimum Gasteiger partial charge on any atom is -0.412 e. The number of ketones is 2. The van der Waals surface area contributed by atoms with Gasteiger partial charge in [-0.1, -0.05) is 33.6 Å². The first-order valence-corrected chi connectivity index (χ1v) is 8.25. The monoisotopic (exact) mass is 623 g/mol. The third-order valence-corrected chi connectivity index (χ3v) is 4.13. The molecule has 5 nitrogen and oxygen atoms in total. The number of halogens is 7. The number of carbonyl (C=O) groups is 2. The van der Waals surface area contributed by atoms with E-state index in [1.807, 2.05) is 0 Å². The Balaban J connectivity index is -0.000000567. The summed E-state index contributed by atoms with van der Waals surface area (Å²) < 4.78 is 86.1. The van der Waals surface area contributed by atoms with E-state index in [-0.39, 0.29) is 38.6 Å². The first-order chi connectivity index (χ1) is 11.9. The van der Waals surface area contributed by atoms with E-state index in [0.717, 1.165) is 12.8 Å². The van der Waals surface area contributed by atoms with Crippen LogP contribution in [0, 0.1) is 5.41 Å². The van der Waals surface area contributed by atoms with Gasteiger partial charge in [0.2, 0.25) is 5.78 Å². The van der Waals surface area contributed by atoms with Crippen molar-refractivity contribution in [2.75, 3.05) is 0 Å². The Labute approximate surface area is 178 Å². The van der Waals surface area contributed by atoms with E-state index in [0.29, 0.717) is 0 Å². The van der Waals surface area contributed by atoms with Crippen LogP contribution in [0.1, 0.15) is 52.9 Å². The molecule has 1 saturated carbocycles. The second-order valence-corrected chi connectivity index (χ2v) is 7.53. The molecule has 0 unspecified atom stereocenters. The van der Waals surface area contributed by atoms with Crippen LogP contribution in [0.15, 0.2) is 0 Å². The summed E-state index contributed by atoms with van der Waals surface area (Å²) >= 11 is 0. The Morgan fingerprint density at radius 2 is 1.17 bits per heavy atom. The van der Waals surface area contributed by atoms with Gasteiger partial charge < -0.3 is 16.9 Å². The summed E-state index contributed by atoms with van der Waals surface area (Å²) in [4.78, 5) is 22.1. The Morgan fingerprint density at radius 1 is 0.828 bits per heavy atom. The van der Waals surface area contributed by atoms with Crippen LogP contribution in [0.25, 0.3) is 0 Å². The molecule has 0 saturated heterocycles. The second kappa shape index (κ2) is 11.7. The standard InChI is InChI=1S/C10H11F7O2.C6H14N2.H2O.Pt/c1-7(2,3)5(18)4-6(19)8(11,12)9(13,14)10(15,16)17;7-5-3-1-2-4-6(5)8;;/h4H2,1-3H3;5-6H,1-4,7-8H2;1H2;/t;5-,6-;;/m.1../s1. The largest absolute Gasteiger partial charge is 0.460 e. The summed E-state index contributed by atoms with van der Waals surface area (Å²) in [6.07, 6.45) is -3.48. The SMILES string of the molecule is CC(C)(C)C(=O)CC(=O)C(F)(F)C(F)(F)C(F)(F)F.N[C@@H]1CCCC[C@H]1N.O.[Pt]. The molecule has 1 fully saturated rings.